The zero-order chi connectivity index (χ0) is 21.4. The van der Waals surface area contributed by atoms with Gasteiger partial charge in [0.15, 0.2) is 0 Å². The fraction of sp³-hybridized carbons (Fsp3) is 0.565. The molecule has 6 heteroatoms. The van der Waals surface area contributed by atoms with Crippen LogP contribution in [0.4, 0.5) is 0 Å². The lowest BCUT2D eigenvalue weighted by atomic mass is 9.90. The number of benzene rings is 1. The van der Waals surface area contributed by atoms with Crippen molar-refractivity contribution >= 4 is 22.8 Å². The van der Waals surface area contributed by atoms with Crippen molar-refractivity contribution in [2.45, 2.75) is 65.5 Å². The zero-order valence-electron chi connectivity index (χ0n) is 18.0. The topological polar surface area (TPSA) is 94.2 Å². The number of fused-ring (bicyclic) bond motifs is 1. The largest absolute Gasteiger partial charge is 0.480 e. The van der Waals surface area contributed by atoms with Crippen LogP contribution in [0.1, 0.15) is 52.7 Å². The Balaban J connectivity index is 1.81. The molecule has 29 heavy (non-hydrogen) atoms. The average molecular weight is 402 g/mol. The average Bonchev–Trinajstić information content (AvgIpc) is 3.06. The summed E-state index contributed by atoms with van der Waals surface area (Å²) in [6.07, 6.45) is 2.77. The number of aliphatic carboxylic acids is 1. The Kier molecular flexibility index (Phi) is 8.70. The molecule has 2 atom stereocenters. The van der Waals surface area contributed by atoms with Crippen molar-refractivity contribution in [3.8, 4) is 0 Å². The molecule has 2 aromatic rings. The molecule has 0 aliphatic rings. The Morgan fingerprint density at radius 3 is 2.45 bits per heavy atom. The van der Waals surface area contributed by atoms with Crippen LogP contribution in [0.3, 0.4) is 0 Å². The van der Waals surface area contributed by atoms with Gasteiger partial charge in [-0.25, -0.2) is 0 Å². The fourth-order valence-corrected chi connectivity index (χ4v) is 3.61. The maximum atomic E-state index is 12.7. The van der Waals surface area contributed by atoms with E-state index in [1.807, 2.05) is 32.0 Å². The molecule has 0 saturated heterocycles. The summed E-state index contributed by atoms with van der Waals surface area (Å²) in [5, 5.41) is 16.5. The van der Waals surface area contributed by atoms with E-state index in [0.29, 0.717) is 19.4 Å². The summed E-state index contributed by atoms with van der Waals surface area (Å²) in [5.74, 6) is -0.625. The maximum absolute atomic E-state index is 12.7. The third-order valence-electron chi connectivity index (χ3n) is 5.22. The summed E-state index contributed by atoms with van der Waals surface area (Å²) in [7, 11) is 0. The molecule has 0 aliphatic carbocycles. The second-order valence-electron chi connectivity index (χ2n) is 8.44. The van der Waals surface area contributed by atoms with Crippen LogP contribution in [0, 0.1) is 11.8 Å². The minimum atomic E-state index is -0.819. The van der Waals surface area contributed by atoms with E-state index in [0.717, 1.165) is 29.4 Å². The molecule has 160 valence electrons. The van der Waals surface area contributed by atoms with Gasteiger partial charge in [0.05, 0.1) is 0 Å². The van der Waals surface area contributed by atoms with Crippen LogP contribution in [0.5, 0.6) is 0 Å². The number of aromatic nitrogens is 1. The molecule has 4 N–H and O–H groups in total. The summed E-state index contributed by atoms with van der Waals surface area (Å²) in [6.45, 7) is 8.59. The number of aromatic amines is 1. The van der Waals surface area contributed by atoms with Gasteiger partial charge >= 0.3 is 5.97 Å². The van der Waals surface area contributed by atoms with E-state index >= 15 is 0 Å². The third-order valence-corrected chi connectivity index (χ3v) is 5.22. The molecule has 0 fully saturated rings. The first-order valence-electron chi connectivity index (χ1n) is 10.6. The number of unbranched alkanes of at least 4 members (excludes halogenated alkanes) is 1. The van der Waals surface area contributed by atoms with E-state index in [1.54, 1.807) is 0 Å². The van der Waals surface area contributed by atoms with Crippen LogP contribution in [0.25, 0.3) is 10.9 Å². The summed E-state index contributed by atoms with van der Waals surface area (Å²) in [5.41, 5.74) is 2.16. The van der Waals surface area contributed by atoms with Crippen molar-refractivity contribution in [3.63, 3.8) is 0 Å². The minimum Gasteiger partial charge on any atom is -0.480 e. The number of carboxylic acids is 1. The lowest BCUT2D eigenvalue weighted by Gasteiger charge is -2.20. The van der Waals surface area contributed by atoms with Gasteiger partial charge in [-0.15, -0.1) is 0 Å². The van der Waals surface area contributed by atoms with Gasteiger partial charge in [0.1, 0.15) is 6.04 Å². The van der Waals surface area contributed by atoms with Crippen LogP contribution in [-0.2, 0) is 16.0 Å². The van der Waals surface area contributed by atoms with E-state index in [4.69, 9.17) is 0 Å². The molecule has 0 bridgehead atoms. The normalized spacial score (nSPS) is 13.7. The van der Waals surface area contributed by atoms with Gasteiger partial charge in [0.2, 0.25) is 5.91 Å². The van der Waals surface area contributed by atoms with E-state index in [9.17, 15) is 14.7 Å². The number of rotatable bonds is 12. The molecule has 0 saturated carbocycles. The fourth-order valence-electron chi connectivity index (χ4n) is 3.61. The van der Waals surface area contributed by atoms with Gasteiger partial charge in [0, 0.05) is 29.7 Å². The number of carbonyl (C=O) groups excluding carboxylic acids is 1. The van der Waals surface area contributed by atoms with Crippen molar-refractivity contribution in [2.24, 2.45) is 11.8 Å². The lowest BCUT2D eigenvalue weighted by molar-refractivity contribution is -0.140. The van der Waals surface area contributed by atoms with Crippen molar-refractivity contribution in [1.29, 1.82) is 0 Å². The Morgan fingerprint density at radius 1 is 1.10 bits per heavy atom. The number of para-hydroxylation sites is 1. The van der Waals surface area contributed by atoms with Crippen LogP contribution in [0.15, 0.2) is 30.3 Å². The first-order chi connectivity index (χ1) is 13.8. The lowest BCUT2D eigenvalue weighted by Crippen LogP contribution is -2.41. The Morgan fingerprint density at radius 2 is 1.83 bits per heavy atom. The zero-order valence-corrected chi connectivity index (χ0v) is 18.0. The van der Waals surface area contributed by atoms with Gasteiger partial charge in [-0.05, 0) is 49.1 Å². The predicted octanol–water partition coefficient (Wildman–Crippen LogP) is 3.72. The molecule has 0 radical (unpaired) electrons. The van der Waals surface area contributed by atoms with E-state index in [-0.39, 0.29) is 23.8 Å². The monoisotopic (exact) mass is 401 g/mol. The van der Waals surface area contributed by atoms with Crippen molar-refractivity contribution < 1.29 is 14.7 Å². The number of hydrogen-bond acceptors (Lipinski definition) is 3. The molecule has 1 aromatic carbocycles. The smallest absolute Gasteiger partial charge is 0.320 e. The number of hydrogen-bond donors (Lipinski definition) is 4. The summed E-state index contributed by atoms with van der Waals surface area (Å²) >= 11 is 0. The molecular formula is C23H35N3O3. The van der Waals surface area contributed by atoms with E-state index in [1.165, 1.54) is 0 Å². The highest BCUT2D eigenvalue weighted by Crippen LogP contribution is 2.21. The molecular weight excluding hydrogens is 366 g/mol. The number of H-pyrrole nitrogens is 1. The Hall–Kier alpha value is -2.34. The van der Waals surface area contributed by atoms with Gasteiger partial charge in [0.25, 0.3) is 0 Å². The molecule has 0 unspecified atom stereocenters. The minimum absolute atomic E-state index is 0.0637. The van der Waals surface area contributed by atoms with Gasteiger partial charge in [-0.2, -0.15) is 0 Å². The number of amides is 1. The Labute approximate surface area is 173 Å². The highest BCUT2D eigenvalue weighted by molar-refractivity contribution is 5.82. The van der Waals surface area contributed by atoms with Crippen molar-refractivity contribution in [3.05, 3.63) is 36.0 Å². The first kappa shape index (κ1) is 22.9. The standard InChI is InChI=1S/C23H35N3O3/c1-15(2)19(14-18-13-17-9-5-6-10-20(17)26-18)22(27)24-12-8-7-11-21(23(28)29)25-16(3)4/h5-6,9-10,13,15-16,19,21,25-26H,7-8,11-12,14H2,1-4H3,(H,24,27)(H,28,29)/t19-,21-/m0/s1. The second-order valence-corrected chi connectivity index (χ2v) is 8.44. The highest BCUT2D eigenvalue weighted by atomic mass is 16.4. The molecule has 0 aliphatic heterocycles. The Bertz CT molecular complexity index is 765. The SMILES string of the molecule is CC(C)N[C@@H](CCCCNC(=O)[C@@H](Cc1cc2ccccc2[nH]1)C(C)C)C(=O)O. The van der Waals surface area contributed by atoms with Crippen LogP contribution < -0.4 is 10.6 Å². The van der Waals surface area contributed by atoms with Crippen LogP contribution in [0.2, 0.25) is 0 Å². The summed E-state index contributed by atoms with van der Waals surface area (Å²) in [4.78, 5) is 27.4. The van der Waals surface area contributed by atoms with E-state index < -0.39 is 12.0 Å². The maximum Gasteiger partial charge on any atom is 0.320 e. The van der Waals surface area contributed by atoms with Gasteiger partial charge in [-0.3, -0.25) is 9.59 Å². The molecule has 1 heterocycles. The number of carboxylic acid groups (broad SMARTS) is 1. The first-order valence-corrected chi connectivity index (χ1v) is 10.6. The quantitative estimate of drug-likeness (QED) is 0.408. The summed E-state index contributed by atoms with van der Waals surface area (Å²) < 4.78 is 0. The molecule has 2 rings (SSSR count). The van der Waals surface area contributed by atoms with E-state index in [2.05, 4.69) is 41.6 Å². The van der Waals surface area contributed by atoms with Gasteiger partial charge < -0.3 is 20.7 Å². The number of nitrogens with one attached hydrogen (secondary N) is 3. The van der Waals surface area contributed by atoms with Crippen molar-refractivity contribution in [2.75, 3.05) is 6.54 Å². The van der Waals surface area contributed by atoms with Crippen molar-refractivity contribution in [1.82, 2.24) is 15.6 Å². The second kappa shape index (κ2) is 11.0. The molecule has 1 amide bonds. The molecule has 0 spiro atoms. The number of carbonyl (C=O) groups is 2. The van der Waals surface area contributed by atoms with Crippen LogP contribution >= 0.6 is 0 Å². The summed E-state index contributed by atoms with van der Waals surface area (Å²) in [6, 6.07) is 9.84. The molecule has 1 aromatic heterocycles. The molecule has 6 nitrogen and oxygen atoms in total. The third kappa shape index (κ3) is 7.20. The van der Waals surface area contributed by atoms with Crippen LogP contribution in [-0.4, -0.2) is 40.6 Å². The predicted molar refractivity (Wildman–Crippen MR) is 117 cm³/mol. The van der Waals surface area contributed by atoms with Gasteiger partial charge in [-0.1, -0.05) is 45.9 Å². The highest BCUT2D eigenvalue weighted by Gasteiger charge is 2.23.